The molecule has 68 valence electrons. The Labute approximate surface area is 70.9 Å². The minimum atomic E-state index is -0.641. The van der Waals surface area contributed by atoms with E-state index in [4.69, 9.17) is 21.6 Å². The number of primary amides is 1. The number of hydrogen-bond donors (Lipinski definition) is 3. The summed E-state index contributed by atoms with van der Waals surface area (Å²) >= 11 is 0. The largest absolute Gasteiger partial charge is 0.488 e. The van der Waals surface area contributed by atoms with Gasteiger partial charge < -0.3 is 21.6 Å². The first kappa shape index (κ1) is 10.6. The highest BCUT2D eigenvalue weighted by atomic mass is 16.5. The van der Waals surface area contributed by atoms with Crippen molar-refractivity contribution >= 4 is 12.1 Å². The number of carbonyl (C=O) groups excluding carboxylic acids is 1. The molecule has 0 rings (SSSR count). The first-order chi connectivity index (χ1) is 5.60. The second-order valence-electron chi connectivity index (χ2n) is 2.26. The van der Waals surface area contributed by atoms with E-state index in [0.29, 0.717) is 6.54 Å². The summed E-state index contributed by atoms with van der Waals surface area (Å²) in [5, 5.41) is 6.85. The van der Waals surface area contributed by atoms with Crippen molar-refractivity contribution in [3.8, 4) is 0 Å². The molecule has 5 N–H and O–H groups in total. The Bertz CT molecular complexity index is 201. The van der Waals surface area contributed by atoms with E-state index in [1.54, 1.807) is 6.92 Å². The minimum Gasteiger partial charge on any atom is -0.488 e. The van der Waals surface area contributed by atoms with Crippen LogP contribution in [0.5, 0.6) is 0 Å². The third kappa shape index (κ3) is 4.45. The Morgan fingerprint density at radius 3 is 2.67 bits per heavy atom. The number of carbonyl (C=O) groups is 1. The standard InChI is InChI=1S/C7H13N3O2/c1-5(3-8)12-6(4-9)2-7(10)11/h2,4-5,9H,3,8H2,1H3,(H2,10,11)/b6-2+,9-4?. The molecule has 0 aromatic rings. The molecule has 0 fully saturated rings. The van der Waals surface area contributed by atoms with Crippen LogP contribution in [0.4, 0.5) is 0 Å². The Morgan fingerprint density at radius 1 is 1.75 bits per heavy atom. The van der Waals surface area contributed by atoms with E-state index in [-0.39, 0.29) is 11.9 Å². The zero-order chi connectivity index (χ0) is 9.56. The highest BCUT2D eigenvalue weighted by Gasteiger charge is 2.02. The molecule has 0 bridgehead atoms. The van der Waals surface area contributed by atoms with Gasteiger partial charge in [0.05, 0.1) is 6.21 Å². The number of ether oxygens (including phenoxy) is 1. The Hall–Kier alpha value is -1.36. The molecule has 0 heterocycles. The Balaban J connectivity index is 4.17. The van der Waals surface area contributed by atoms with Crippen LogP contribution in [-0.2, 0) is 9.53 Å². The maximum Gasteiger partial charge on any atom is 0.245 e. The second-order valence-corrected chi connectivity index (χ2v) is 2.26. The fraction of sp³-hybridized carbons (Fsp3) is 0.429. The van der Waals surface area contributed by atoms with Crippen LogP contribution in [0.1, 0.15) is 6.92 Å². The van der Waals surface area contributed by atoms with Crippen LogP contribution in [-0.4, -0.2) is 24.8 Å². The van der Waals surface area contributed by atoms with Crippen LogP contribution in [0.2, 0.25) is 0 Å². The quantitative estimate of drug-likeness (QED) is 0.291. The van der Waals surface area contributed by atoms with Gasteiger partial charge in [-0.1, -0.05) is 0 Å². The van der Waals surface area contributed by atoms with Crippen molar-refractivity contribution in [2.75, 3.05) is 6.54 Å². The second kappa shape index (κ2) is 5.31. The van der Waals surface area contributed by atoms with E-state index >= 15 is 0 Å². The van der Waals surface area contributed by atoms with E-state index in [9.17, 15) is 4.79 Å². The van der Waals surface area contributed by atoms with E-state index in [0.717, 1.165) is 12.3 Å². The van der Waals surface area contributed by atoms with E-state index in [1.807, 2.05) is 0 Å². The molecule has 5 nitrogen and oxygen atoms in total. The van der Waals surface area contributed by atoms with Gasteiger partial charge in [-0.05, 0) is 6.92 Å². The average Bonchev–Trinajstić information content (AvgIpc) is 2.02. The Morgan fingerprint density at radius 2 is 2.33 bits per heavy atom. The summed E-state index contributed by atoms with van der Waals surface area (Å²) in [5.41, 5.74) is 10.1. The molecular formula is C7H13N3O2. The molecule has 0 saturated heterocycles. The smallest absolute Gasteiger partial charge is 0.245 e. The molecule has 1 atom stereocenters. The van der Waals surface area contributed by atoms with Gasteiger partial charge in [-0.2, -0.15) is 0 Å². The predicted octanol–water partition coefficient (Wildman–Crippen LogP) is -0.631. The van der Waals surface area contributed by atoms with Gasteiger partial charge in [0.2, 0.25) is 5.91 Å². The van der Waals surface area contributed by atoms with Crippen LogP contribution >= 0.6 is 0 Å². The summed E-state index contributed by atoms with van der Waals surface area (Å²) in [7, 11) is 0. The molecule has 0 aliphatic rings. The fourth-order valence-corrected chi connectivity index (χ4v) is 0.530. The highest BCUT2D eigenvalue weighted by molar-refractivity contribution is 5.91. The van der Waals surface area contributed by atoms with Crippen LogP contribution in [0.25, 0.3) is 0 Å². The molecule has 0 aromatic carbocycles. The van der Waals surface area contributed by atoms with Gasteiger partial charge in [-0.25, -0.2) is 0 Å². The maximum atomic E-state index is 10.4. The summed E-state index contributed by atoms with van der Waals surface area (Å²) in [6.07, 6.45) is 1.73. The van der Waals surface area contributed by atoms with Crippen LogP contribution in [0.15, 0.2) is 11.8 Å². The lowest BCUT2D eigenvalue weighted by Crippen LogP contribution is -2.21. The summed E-state index contributed by atoms with van der Waals surface area (Å²) < 4.78 is 5.05. The average molecular weight is 171 g/mol. The maximum absolute atomic E-state index is 10.4. The lowest BCUT2D eigenvalue weighted by Gasteiger charge is -2.11. The van der Waals surface area contributed by atoms with Gasteiger partial charge >= 0.3 is 0 Å². The zero-order valence-electron chi connectivity index (χ0n) is 6.91. The molecule has 12 heavy (non-hydrogen) atoms. The first-order valence-electron chi connectivity index (χ1n) is 3.48. The minimum absolute atomic E-state index is 0.125. The van der Waals surface area contributed by atoms with Crippen molar-refractivity contribution in [1.29, 1.82) is 5.41 Å². The van der Waals surface area contributed by atoms with E-state index in [2.05, 4.69) is 0 Å². The van der Waals surface area contributed by atoms with E-state index < -0.39 is 5.91 Å². The van der Waals surface area contributed by atoms with Crippen molar-refractivity contribution in [3.05, 3.63) is 11.8 Å². The van der Waals surface area contributed by atoms with Gasteiger partial charge in [0, 0.05) is 12.6 Å². The first-order valence-corrected chi connectivity index (χ1v) is 3.48. The topological polar surface area (TPSA) is 102 Å². The molecular weight excluding hydrogens is 158 g/mol. The highest BCUT2D eigenvalue weighted by Crippen LogP contribution is 1.97. The van der Waals surface area contributed by atoms with Crippen LogP contribution < -0.4 is 11.5 Å². The number of nitrogens with one attached hydrogen (secondary N) is 1. The van der Waals surface area contributed by atoms with Gasteiger partial charge in [0.1, 0.15) is 11.9 Å². The molecule has 5 heteroatoms. The summed E-state index contributed by atoms with van der Waals surface area (Å²) in [6.45, 7) is 2.06. The molecule has 1 unspecified atom stereocenters. The number of amides is 1. The van der Waals surface area contributed by atoms with Crippen molar-refractivity contribution in [2.45, 2.75) is 13.0 Å². The van der Waals surface area contributed by atoms with Crippen molar-refractivity contribution < 1.29 is 9.53 Å². The SMILES string of the molecule is CC(CN)O/C(C=N)=C/C(N)=O. The fourth-order valence-electron chi connectivity index (χ4n) is 0.530. The Kier molecular flexibility index (Phi) is 4.71. The molecule has 0 radical (unpaired) electrons. The van der Waals surface area contributed by atoms with Crippen LogP contribution in [0, 0.1) is 5.41 Å². The number of rotatable bonds is 5. The monoisotopic (exact) mass is 171 g/mol. The van der Waals surface area contributed by atoms with Gasteiger partial charge in [-0.15, -0.1) is 0 Å². The van der Waals surface area contributed by atoms with Gasteiger partial charge in [0.25, 0.3) is 0 Å². The van der Waals surface area contributed by atoms with Gasteiger partial charge in [-0.3, -0.25) is 4.79 Å². The predicted molar refractivity (Wildman–Crippen MR) is 45.7 cm³/mol. The summed E-state index contributed by atoms with van der Waals surface area (Å²) in [6, 6.07) is 0. The van der Waals surface area contributed by atoms with Crippen molar-refractivity contribution in [2.24, 2.45) is 11.5 Å². The summed E-state index contributed by atoms with van der Waals surface area (Å²) in [5.74, 6) is -0.516. The lowest BCUT2D eigenvalue weighted by atomic mass is 10.4. The summed E-state index contributed by atoms with van der Waals surface area (Å²) in [4.78, 5) is 10.4. The molecule has 0 saturated carbocycles. The van der Waals surface area contributed by atoms with Crippen LogP contribution in [0.3, 0.4) is 0 Å². The van der Waals surface area contributed by atoms with Crippen molar-refractivity contribution in [1.82, 2.24) is 0 Å². The zero-order valence-corrected chi connectivity index (χ0v) is 6.91. The third-order valence-electron chi connectivity index (χ3n) is 1.10. The third-order valence-corrected chi connectivity index (χ3v) is 1.10. The van der Waals surface area contributed by atoms with E-state index in [1.165, 1.54) is 0 Å². The number of hydrogen-bond acceptors (Lipinski definition) is 4. The number of allylic oxidation sites excluding steroid dienone is 1. The normalized spacial score (nSPS) is 13.7. The molecule has 0 spiro atoms. The molecule has 1 amide bonds. The van der Waals surface area contributed by atoms with Gasteiger partial charge in [0.15, 0.2) is 0 Å². The number of nitrogens with two attached hydrogens (primary N) is 2. The molecule has 0 aliphatic heterocycles. The molecule has 0 aromatic heterocycles. The molecule has 0 aliphatic carbocycles. The van der Waals surface area contributed by atoms with Crippen molar-refractivity contribution in [3.63, 3.8) is 0 Å². The lowest BCUT2D eigenvalue weighted by molar-refractivity contribution is -0.113.